The van der Waals surface area contributed by atoms with Gasteiger partial charge in [0.25, 0.3) is 0 Å². The maximum absolute atomic E-state index is 10.5. The van der Waals surface area contributed by atoms with Crippen LogP contribution in [0.25, 0.3) is 0 Å². The van der Waals surface area contributed by atoms with Crippen LogP contribution in [-0.2, 0) is 28.6 Å². The SMILES string of the molecule is O=C1O[C@H]([C@@H](O)CO)C(O)=C1O.O=C1O[C@H]([C@@H](O)CO)C(O)=C1O.O=C1O[C@H]([C@@H](O)CO)C(O)=C1O.[La]. The van der Waals surface area contributed by atoms with E-state index in [2.05, 4.69) is 14.2 Å². The zero-order valence-corrected chi connectivity index (χ0v) is 22.1. The van der Waals surface area contributed by atoms with Crippen LogP contribution in [0.15, 0.2) is 34.6 Å². The Kier molecular flexibility index (Phi) is 13.9. The summed E-state index contributed by atoms with van der Waals surface area (Å²) in [5.41, 5.74) is 0. The summed E-state index contributed by atoms with van der Waals surface area (Å²) in [5.74, 6) is -8.34. The third kappa shape index (κ3) is 8.18. The Morgan fingerprint density at radius 3 is 0.811 bits per heavy atom. The largest absolute Gasteiger partial charge is 0.505 e. The van der Waals surface area contributed by atoms with Gasteiger partial charge in [0.05, 0.1) is 19.8 Å². The Morgan fingerprint density at radius 1 is 0.514 bits per heavy atom. The molecular formula is C18H24LaO18. The number of aliphatic hydroxyl groups excluding tert-OH is 12. The minimum absolute atomic E-state index is 0. The number of hydrogen-bond donors (Lipinski definition) is 12. The maximum atomic E-state index is 10.5. The van der Waals surface area contributed by atoms with E-state index in [1.807, 2.05) is 0 Å². The van der Waals surface area contributed by atoms with Gasteiger partial charge in [0, 0.05) is 35.6 Å². The van der Waals surface area contributed by atoms with Gasteiger partial charge in [-0.25, -0.2) is 14.4 Å². The Bertz CT molecular complexity index is 822. The van der Waals surface area contributed by atoms with E-state index in [9.17, 15) is 14.4 Å². The summed E-state index contributed by atoms with van der Waals surface area (Å²) >= 11 is 0. The molecule has 3 rings (SSSR count). The van der Waals surface area contributed by atoms with Gasteiger partial charge in [-0.1, -0.05) is 0 Å². The van der Waals surface area contributed by atoms with Crippen molar-refractivity contribution in [3.63, 3.8) is 0 Å². The second-order valence-electron chi connectivity index (χ2n) is 6.93. The van der Waals surface area contributed by atoms with E-state index in [0.717, 1.165) is 0 Å². The first-order valence-corrected chi connectivity index (χ1v) is 9.59. The molecule has 6 atom stereocenters. The van der Waals surface area contributed by atoms with E-state index < -0.39 is 109 Å². The first kappa shape index (κ1) is 34.4. The first-order chi connectivity index (χ1) is 16.7. The van der Waals surface area contributed by atoms with Gasteiger partial charge in [0.2, 0.25) is 17.3 Å². The molecule has 0 saturated heterocycles. The number of carbonyl (C=O) groups is 3. The average molecular weight is 667 g/mol. The molecule has 207 valence electrons. The number of hydrogen-bond acceptors (Lipinski definition) is 18. The average Bonchev–Trinajstić information content (AvgIpc) is 3.40. The molecule has 0 aromatic carbocycles. The summed E-state index contributed by atoms with van der Waals surface area (Å²) < 4.78 is 12.9. The summed E-state index contributed by atoms with van der Waals surface area (Å²) in [6.45, 7) is -2.01. The molecule has 0 fully saturated rings. The summed E-state index contributed by atoms with van der Waals surface area (Å²) in [6.07, 6.45) is -8.33. The maximum Gasteiger partial charge on any atom is 0.377 e. The standard InChI is InChI=1S/3C6H8O6.La/c3*7-1-2(8)5-3(9)4(10)6(11)12-5;/h3*2,5,7-10H,1H2;/t3*2-,5+;/m000./s1. The summed E-state index contributed by atoms with van der Waals surface area (Å²) in [5, 5.41) is 105. The van der Waals surface area contributed by atoms with Gasteiger partial charge >= 0.3 is 17.9 Å². The fourth-order valence-corrected chi connectivity index (χ4v) is 2.47. The smallest absolute Gasteiger partial charge is 0.377 e. The minimum Gasteiger partial charge on any atom is -0.505 e. The van der Waals surface area contributed by atoms with E-state index >= 15 is 0 Å². The van der Waals surface area contributed by atoms with Crippen molar-refractivity contribution in [1.82, 2.24) is 0 Å². The molecule has 0 bridgehead atoms. The molecule has 12 N–H and O–H groups in total. The van der Waals surface area contributed by atoms with Crippen molar-refractivity contribution < 1.29 is 125 Å². The van der Waals surface area contributed by atoms with Crippen LogP contribution in [0.1, 0.15) is 0 Å². The van der Waals surface area contributed by atoms with Crippen LogP contribution in [0.3, 0.4) is 0 Å². The van der Waals surface area contributed by atoms with Gasteiger partial charge in [0.1, 0.15) is 18.3 Å². The predicted molar refractivity (Wildman–Crippen MR) is 106 cm³/mol. The van der Waals surface area contributed by atoms with Crippen LogP contribution in [0.4, 0.5) is 0 Å². The van der Waals surface area contributed by atoms with Crippen LogP contribution in [0.2, 0.25) is 0 Å². The molecule has 0 amide bonds. The number of cyclic esters (lactones) is 3. The minimum atomic E-state index is -1.42. The second kappa shape index (κ2) is 15.0. The van der Waals surface area contributed by atoms with Crippen molar-refractivity contribution in [3.8, 4) is 0 Å². The fraction of sp³-hybridized carbons (Fsp3) is 0.500. The van der Waals surface area contributed by atoms with E-state index in [1.54, 1.807) is 0 Å². The van der Waals surface area contributed by atoms with Gasteiger partial charge in [0.15, 0.2) is 35.6 Å². The molecule has 37 heavy (non-hydrogen) atoms. The van der Waals surface area contributed by atoms with Crippen LogP contribution in [0.5, 0.6) is 0 Å². The van der Waals surface area contributed by atoms with E-state index in [-0.39, 0.29) is 35.6 Å². The summed E-state index contributed by atoms with van der Waals surface area (Å²) in [4.78, 5) is 31.6. The topological polar surface area (TPSA) is 322 Å². The normalized spacial score (nSPS) is 25.1. The van der Waals surface area contributed by atoms with Crippen LogP contribution >= 0.6 is 0 Å². The molecule has 0 unspecified atom stereocenters. The Hall–Kier alpha value is -2.62. The predicted octanol–water partition coefficient (Wildman–Crippen LogP) is -4.22. The molecule has 0 aromatic heterocycles. The van der Waals surface area contributed by atoms with Gasteiger partial charge < -0.3 is 75.5 Å². The molecule has 18 nitrogen and oxygen atoms in total. The summed E-state index contributed by atoms with van der Waals surface area (Å²) in [6, 6.07) is 0. The zero-order chi connectivity index (χ0) is 27.9. The van der Waals surface area contributed by atoms with Crippen molar-refractivity contribution in [3.05, 3.63) is 34.6 Å². The Balaban J connectivity index is 0.000000518. The van der Waals surface area contributed by atoms with Crippen LogP contribution in [0, 0.1) is 35.6 Å². The quantitative estimate of drug-likeness (QED) is 0.0943. The third-order valence-corrected chi connectivity index (χ3v) is 4.43. The molecular weight excluding hydrogens is 643 g/mol. The number of aliphatic hydroxyl groups is 12. The van der Waals surface area contributed by atoms with E-state index in [4.69, 9.17) is 61.3 Å². The second-order valence-corrected chi connectivity index (χ2v) is 6.93. The summed E-state index contributed by atoms with van der Waals surface area (Å²) in [7, 11) is 0. The molecule has 3 aliphatic heterocycles. The number of esters is 3. The number of rotatable bonds is 6. The van der Waals surface area contributed by atoms with Gasteiger partial charge in [-0.05, 0) is 0 Å². The number of ether oxygens (including phenoxy) is 3. The number of carbonyl (C=O) groups excluding carboxylic acids is 3. The monoisotopic (exact) mass is 667 g/mol. The van der Waals surface area contributed by atoms with Crippen LogP contribution < -0.4 is 0 Å². The molecule has 0 aromatic rings. The Labute approximate surface area is 233 Å². The molecule has 1 radical (unpaired) electrons. The van der Waals surface area contributed by atoms with Gasteiger partial charge in [-0.15, -0.1) is 0 Å². The zero-order valence-electron chi connectivity index (χ0n) is 18.5. The molecule has 0 aliphatic carbocycles. The van der Waals surface area contributed by atoms with Crippen molar-refractivity contribution in [2.24, 2.45) is 0 Å². The molecule has 3 heterocycles. The fourth-order valence-electron chi connectivity index (χ4n) is 2.47. The molecule has 0 saturated carbocycles. The third-order valence-electron chi connectivity index (χ3n) is 4.43. The van der Waals surface area contributed by atoms with Crippen molar-refractivity contribution in [2.45, 2.75) is 36.6 Å². The molecule has 3 aliphatic rings. The van der Waals surface area contributed by atoms with Gasteiger partial charge in [-0.2, -0.15) is 0 Å². The van der Waals surface area contributed by atoms with Crippen molar-refractivity contribution in [2.75, 3.05) is 19.8 Å². The first-order valence-electron chi connectivity index (χ1n) is 9.59. The van der Waals surface area contributed by atoms with E-state index in [1.165, 1.54) is 0 Å². The van der Waals surface area contributed by atoms with Gasteiger partial charge in [-0.3, -0.25) is 0 Å². The van der Waals surface area contributed by atoms with E-state index in [0.29, 0.717) is 0 Å². The van der Waals surface area contributed by atoms with Crippen molar-refractivity contribution in [1.29, 1.82) is 0 Å². The molecule has 0 spiro atoms. The molecule has 19 heteroatoms. The Morgan fingerprint density at radius 2 is 0.703 bits per heavy atom. The van der Waals surface area contributed by atoms with Crippen molar-refractivity contribution >= 4 is 17.9 Å². The van der Waals surface area contributed by atoms with Crippen LogP contribution in [-0.4, -0.2) is 136 Å².